The fourth-order valence-corrected chi connectivity index (χ4v) is 1.62. The molecule has 1 rings (SSSR count). The highest BCUT2D eigenvalue weighted by molar-refractivity contribution is 5.33. The molecule has 1 aromatic carbocycles. The zero-order valence-corrected chi connectivity index (χ0v) is 9.21. The molecule has 0 saturated carbocycles. The molecule has 0 aromatic heterocycles. The van der Waals surface area contributed by atoms with Gasteiger partial charge < -0.3 is 10.1 Å². The minimum Gasteiger partial charge on any atom is -0.496 e. The van der Waals surface area contributed by atoms with E-state index in [-0.39, 0.29) is 0 Å². The minimum atomic E-state index is 0.497. The molecule has 1 N–H and O–H groups in total. The van der Waals surface area contributed by atoms with Crippen molar-refractivity contribution in [2.75, 3.05) is 13.7 Å². The summed E-state index contributed by atoms with van der Waals surface area (Å²) in [6.45, 7) is 5.32. The molecular weight excluding hydrogens is 174 g/mol. The quantitative estimate of drug-likeness (QED) is 0.774. The Hall–Kier alpha value is -1.02. The van der Waals surface area contributed by atoms with E-state index in [4.69, 9.17) is 4.74 Å². The van der Waals surface area contributed by atoms with Gasteiger partial charge in [0.05, 0.1) is 7.11 Å². The van der Waals surface area contributed by atoms with Crippen molar-refractivity contribution in [1.29, 1.82) is 0 Å². The molecule has 1 unspecified atom stereocenters. The Labute approximate surface area is 86.3 Å². The van der Waals surface area contributed by atoms with Crippen molar-refractivity contribution in [2.45, 2.75) is 26.3 Å². The Balaban J connectivity index is 2.65. The molecule has 2 nitrogen and oxygen atoms in total. The second kappa shape index (κ2) is 5.66. The van der Waals surface area contributed by atoms with Gasteiger partial charge in [-0.1, -0.05) is 25.1 Å². The van der Waals surface area contributed by atoms with E-state index in [1.807, 2.05) is 12.1 Å². The maximum Gasteiger partial charge on any atom is 0.122 e. The predicted molar refractivity (Wildman–Crippen MR) is 59.8 cm³/mol. The van der Waals surface area contributed by atoms with Gasteiger partial charge in [-0.3, -0.25) is 0 Å². The Bertz CT molecular complexity index is 273. The standard InChI is InChI=1S/C12H19NO/c1-4-13-10(2)9-11-7-5-6-8-12(11)14-3/h5-8,10,13H,4,9H2,1-3H3. The van der Waals surface area contributed by atoms with Gasteiger partial charge in [-0.2, -0.15) is 0 Å². The first kappa shape index (κ1) is 11.1. The summed E-state index contributed by atoms with van der Waals surface area (Å²) in [4.78, 5) is 0. The first-order valence-electron chi connectivity index (χ1n) is 5.13. The molecule has 0 fully saturated rings. The summed E-state index contributed by atoms with van der Waals surface area (Å²) in [6.07, 6.45) is 1.01. The normalized spacial score (nSPS) is 12.5. The van der Waals surface area contributed by atoms with Crippen molar-refractivity contribution >= 4 is 0 Å². The third-order valence-corrected chi connectivity index (χ3v) is 2.27. The summed E-state index contributed by atoms with van der Waals surface area (Å²) < 4.78 is 5.30. The van der Waals surface area contributed by atoms with Crippen LogP contribution in [0, 0.1) is 0 Å². The third-order valence-electron chi connectivity index (χ3n) is 2.27. The van der Waals surface area contributed by atoms with Crippen LogP contribution < -0.4 is 10.1 Å². The van der Waals surface area contributed by atoms with Crippen molar-refractivity contribution in [3.63, 3.8) is 0 Å². The van der Waals surface area contributed by atoms with Crippen molar-refractivity contribution in [2.24, 2.45) is 0 Å². The van der Waals surface area contributed by atoms with E-state index in [1.165, 1.54) is 5.56 Å². The van der Waals surface area contributed by atoms with Gasteiger partial charge in [-0.05, 0) is 31.5 Å². The number of para-hydroxylation sites is 1. The molecule has 0 spiro atoms. The van der Waals surface area contributed by atoms with E-state index in [0.717, 1.165) is 18.7 Å². The molecular formula is C12H19NO. The third kappa shape index (κ3) is 3.04. The van der Waals surface area contributed by atoms with Crippen LogP contribution in [-0.4, -0.2) is 19.7 Å². The average molecular weight is 193 g/mol. The van der Waals surface area contributed by atoms with Crippen LogP contribution >= 0.6 is 0 Å². The number of benzene rings is 1. The largest absolute Gasteiger partial charge is 0.496 e. The van der Waals surface area contributed by atoms with Crippen LogP contribution in [-0.2, 0) is 6.42 Å². The lowest BCUT2D eigenvalue weighted by Crippen LogP contribution is -2.27. The summed E-state index contributed by atoms with van der Waals surface area (Å²) >= 11 is 0. The highest BCUT2D eigenvalue weighted by Crippen LogP contribution is 2.18. The number of ether oxygens (including phenoxy) is 1. The maximum atomic E-state index is 5.30. The maximum absolute atomic E-state index is 5.30. The van der Waals surface area contributed by atoms with Crippen molar-refractivity contribution < 1.29 is 4.74 Å². The second-order valence-corrected chi connectivity index (χ2v) is 3.47. The molecule has 2 heteroatoms. The molecule has 0 aliphatic rings. The van der Waals surface area contributed by atoms with Crippen LogP contribution in [0.1, 0.15) is 19.4 Å². The molecule has 0 heterocycles. The second-order valence-electron chi connectivity index (χ2n) is 3.47. The van der Waals surface area contributed by atoms with Gasteiger partial charge >= 0.3 is 0 Å². The summed E-state index contributed by atoms with van der Waals surface area (Å²) in [5, 5.41) is 3.39. The Morgan fingerprint density at radius 1 is 1.36 bits per heavy atom. The minimum absolute atomic E-state index is 0.497. The van der Waals surface area contributed by atoms with Crippen LogP contribution in [0.15, 0.2) is 24.3 Å². The molecule has 0 radical (unpaired) electrons. The number of hydrogen-bond acceptors (Lipinski definition) is 2. The smallest absolute Gasteiger partial charge is 0.122 e. The number of hydrogen-bond donors (Lipinski definition) is 1. The highest BCUT2D eigenvalue weighted by atomic mass is 16.5. The number of rotatable bonds is 5. The molecule has 0 aliphatic carbocycles. The van der Waals surface area contributed by atoms with Crippen LogP contribution in [0.4, 0.5) is 0 Å². The van der Waals surface area contributed by atoms with Gasteiger partial charge in [-0.15, -0.1) is 0 Å². The van der Waals surface area contributed by atoms with E-state index in [0.29, 0.717) is 6.04 Å². The average Bonchev–Trinajstić information content (AvgIpc) is 2.19. The SMILES string of the molecule is CCNC(C)Cc1ccccc1OC. The molecule has 0 aliphatic heterocycles. The molecule has 0 bridgehead atoms. The van der Waals surface area contributed by atoms with E-state index in [2.05, 4.69) is 31.3 Å². The van der Waals surface area contributed by atoms with Crippen LogP contribution in [0.3, 0.4) is 0 Å². The van der Waals surface area contributed by atoms with Gasteiger partial charge in [0, 0.05) is 6.04 Å². The fraction of sp³-hybridized carbons (Fsp3) is 0.500. The summed E-state index contributed by atoms with van der Waals surface area (Å²) in [6, 6.07) is 8.67. The lowest BCUT2D eigenvalue weighted by molar-refractivity contribution is 0.406. The number of nitrogens with one attached hydrogen (secondary N) is 1. The van der Waals surface area contributed by atoms with Gasteiger partial charge in [0.25, 0.3) is 0 Å². The van der Waals surface area contributed by atoms with Gasteiger partial charge in [-0.25, -0.2) is 0 Å². The highest BCUT2D eigenvalue weighted by Gasteiger charge is 2.05. The summed E-state index contributed by atoms with van der Waals surface area (Å²) in [5.41, 5.74) is 1.27. The molecule has 1 atom stereocenters. The number of methoxy groups -OCH3 is 1. The van der Waals surface area contributed by atoms with Crippen LogP contribution in [0.2, 0.25) is 0 Å². The summed E-state index contributed by atoms with van der Waals surface area (Å²) in [7, 11) is 1.72. The lowest BCUT2D eigenvalue weighted by Gasteiger charge is -2.14. The molecule has 0 saturated heterocycles. The fourth-order valence-electron chi connectivity index (χ4n) is 1.62. The zero-order chi connectivity index (χ0) is 10.4. The van der Waals surface area contributed by atoms with E-state index < -0.39 is 0 Å². The van der Waals surface area contributed by atoms with Crippen molar-refractivity contribution in [3.8, 4) is 5.75 Å². The molecule has 78 valence electrons. The molecule has 14 heavy (non-hydrogen) atoms. The number of likely N-dealkylation sites (N-methyl/N-ethyl adjacent to an activating group) is 1. The topological polar surface area (TPSA) is 21.3 Å². The monoisotopic (exact) mass is 193 g/mol. The zero-order valence-electron chi connectivity index (χ0n) is 9.21. The predicted octanol–water partition coefficient (Wildman–Crippen LogP) is 2.24. The van der Waals surface area contributed by atoms with Crippen LogP contribution in [0.25, 0.3) is 0 Å². The summed E-state index contributed by atoms with van der Waals surface area (Å²) in [5.74, 6) is 0.984. The molecule has 0 amide bonds. The lowest BCUT2D eigenvalue weighted by atomic mass is 10.1. The van der Waals surface area contributed by atoms with Crippen molar-refractivity contribution in [3.05, 3.63) is 29.8 Å². The Kier molecular flexibility index (Phi) is 4.47. The van der Waals surface area contributed by atoms with E-state index >= 15 is 0 Å². The van der Waals surface area contributed by atoms with E-state index in [9.17, 15) is 0 Å². The van der Waals surface area contributed by atoms with Gasteiger partial charge in [0.15, 0.2) is 0 Å². The molecule has 1 aromatic rings. The Morgan fingerprint density at radius 2 is 2.07 bits per heavy atom. The van der Waals surface area contributed by atoms with Gasteiger partial charge in [0.1, 0.15) is 5.75 Å². The Morgan fingerprint density at radius 3 is 2.71 bits per heavy atom. The van der Waals surface area contributed by atoms with E-state index in [1.54, 1.807) is 7.11 Å². The van der Waals surface area contributed by atoms with Crippen LogP contribution in [0.5, 0.6) is 5.75 Å². The van der Waals surface area contributed by atoms with Crippen molar-refractivity contribution in [1.82, 2.24) is 5.32 Å². The first-order valence-corrected chi connectivity index (χ1v) is 5.13. The van der Waals surface area contributed by atoms with Gasteiger partial charge in [0.2, 0.25) is 0 Å². The first-order chi connectivity index (χ1) is 6.77.